The van der Waals surface area contributed by atoms with Crippen molar-refractivity contribution < 1.29 is 28.2 Å². The van der Waals surface area contributed by atoms with Crippen molar-refractivity contribution in [2.45, 2.75) is 6.04 Å². The number of halogens is 3. The number of aliphatic hydroxyl groups excluding tert-OH is 1. The first kappa shape index (κ1) is 23.1. The molecule has 6 nitrogen and oxygen atoms in total. The summed E-state index contributed by atoms with van der Waals surface area (Å²) >= 11 is 9.35. The van der Waals surface area contributed by atoms with Gasteiger partial charge in [0.05, 0.1) is 23.7 Å². The van der Waals surface area contributed by atoms with E-state index < -0.39 is 29.3 Å². The minimum Gasteiger partial charge on any atom is -0.503 e. The minimum absolute atomic E-state index is 0.0371. The molecule has 4 aromatic rings. The van der Waals surface area contributed by atoms with Crippen LogP contribution < -0.4 is 9.64 Å². The van der Waals surface area contributed by atoms with E-state index in [1.165, 1.54) is 24.1 Å². The maximum absolute atomic E-state index is 13.8. The molecule has 1 amide bonds. The lowest BCUT2D eigenvalue weighted by Crippen LogP contribution is -2.31. The second-order valence-corrected chi connectivity index (χ2v) is 9.16. The number of nitrogens with zero attached hydrogens (tertiary/aromatic N) is 1. The maximum Gasteiger partial charge on any atom is 0.294 e. The van der Waals surface area contributed by atoms with Crippen LogP contribution in [0.2, 0.25) is 5.02 Å². The Hall–Kier alpha value is -3.62. The molecule has 0 bridgehead atoms. The summed E-state index contributed by atoms with van der Waals surface area (Å²) in [6.07, 6.45) is 0. The Balaban J connectivity index is 1.66. The zero-order valence-corrected chi connectivity index (χ0v) is 20.4. The highest BCUT2D eigenvalue weighted by atomic mass is 79.9. The quantitative estimate of drug-likeness (QED) is 0.274. The molecule has 2 heterocycles. The predicted octanol–water partition coefficient (Wildman–Crippen LogP) is 6.78. The van der Waals surface area contributed by atoms with Gasteiger partial charge in [-0.25, -0.2) is 4.39 Å². The van der Waals surface area contributed by atoms with Crippen molar-refractivity contribution in [2.24, 2.45) is 0 Å². The first-order chi connectivity index (χ1) is 16.8. The molecule has 1 aromatic heterocycles. The van der Waals surface area contributed by atoms with Crippen LogP contribution in [0.1, 0.15) is 22.2 Å². The van der Waals surface area contributed by atoms with E-state index in [1.54, 1.807) is 48.5 Å². The number of anilines is 1. The van der Waals surface area contributed by atoms with Crippen LogP contribution in [0.3, 0.4) is 0 Å². The molecule has 9 heteroatoms. The lowest BCUT2D eigenvalue weighted by molar-refractivity contribution is -0.117. The number of ketones is 1. The molecule has 176 valence electrons. The van der Waals surface area contributed by atoms with E-state index in [1.807, 2.05) is 0 Å². The third kappa shape index (κ3) is 3.98. The molecule has 0 spiro atoms. The van der Waals surface area contributed by atoms with Crippen molar-refractivity contribution >= 4 is 55.9 Å². The highest BCUT2D eigenvalue weighted by molar-refractivity contribution is 9.10. The minimum atomic E-state index is -1.03. The summed E-state index contributed by atoms with van der Waals surface area (Å²) in [4.78, 5) is 28.1. The van der Waals surface area contributed by atoms with Crippen molar-refractivity contribution in [1.82, 2.24) is 0 Å². The number of furan rings is 1. The predicted molar refractivity (Wildman–Crippen MR) is 133 cm³/mol. The third-order valence-corrected chi connectivity index (χ3v) is 6.55. The Labute approximate surface area is 212 Å². The molecule has 1 unspecified atom stereocenters. The molecule has 35 heavy (non-hydrogen) atoms. The summed E-state index contributed by atoms with van der Waals surface area (Å²) in [6, 6.07) is 16.2. The number of ether oxygens (including phenoxy) is 1. The molecule has 0 saturated carbocycles. The molecule has 1 aliphatic heterocycles. The second-order valence-electron chi connectivity index (χ2n) is 7.83. The van der Waals surface area contributed by atoms with Crippen molar-refractivity contribution in [3.63, 3.8) is 0 Å². The molecular weight excluding hydrogens is 541 g/mol. The molecular formula is C26H16BrClFNO5. The van der Waals surface area contributed by atoms with Crippen LogP contribution in [0.5, 0.6) is 5.75 Å². The number of Topliss-reactive ketones (excluding diaryl/α,β-unsaturated/α-hetero) is 1. The molecule has 1 aliphatic rings. The van der Waals surface area contributed by atoms with Gasteiger partial charge in [0.15, 0.2) is 11.5 Å². The zero-order valence-electron chi connectivity index (χ0n) is 18.1. The summed E-state index contributed by atoms with van der Waals surface area (Å²) < 4.78 is 25.6. The van der Waals surface area contributed by atoms with Crippen LogP contribution in [0.25, 0.3) is 11.0 Å². The monoisotopic (exact) mass is 555 g/mol. The number of fused-ring (bicyclic) bond motifs is 1. The van der Waals surface area contributed by atoms with E-state index in [0.717, 1.165) is 10.5 Å². The van der Waals surface area contributed by atoms with E-state index >= 15 is 0 Å². The Bertz CT molecular complexity index is 1530. The average Bonchev–Trinajstić information content (AvgIpc) is 3.39. The summed E-state index contributed by atoms with van der Waals surface area (Å²) in [5, 5.41) is 11.4. The van der Waals surface area contributed by atoms with Crippen LogP contribution in [-0.4, -0.2) is 23.9 Å². The topological polar surface area (TPSA) is 80.0 Å². The SMILES string of the molecule is COc1ccc(C2C(C(=O)c3cc4cc(Br)ccc4o3)=C(O)C(=O)N2c2ccc(F)c(Cl)c2)cc1. The third-order valence-electron chi connectivity index (χ3n) is 5.77. The first-order valence-corrected chi connectivity index (χ1v) is 11.5. The van der Waals surface area contributed by atoms with Gasteiger partial charge in [0.25, 0.3) is 5.91 Å². The Kier molecular flexibility index (Phi) is 5.86. The standard InChI is InChI=1S/C26H16BrClFNO5/c1-34-17-6-2-13(3-7-17)23-22(24(31)21-11-14-10-15(27)4-9-20(14)35-21)25(32)26(33)30(23)16-5-8-19(29)18(28)12-16/h2-12,23,32H,1H3. The lowest BCUT2D eigenvalue weighted by Gasteiger charge is -2.27. The van der Waals surface area contributed by atoms with Crippen LogP contribution in [0.4, 0.5) is 10.1 Å². The number of carbonyl (C=O) groups is 2. The van der Waals surface area contributed by atoms with Gasteiger partial charge in [-0.1, -0.05) is 39.7 Å². The van der Waals surface area contributed by atoms with Gasteiger partial charge in [-0.05, 0) is 60.2 Å². The fourth-order valence-electron chi connectivity index (χ4n) is 4.10. The van der Waals surface area contributed by atoms with Crippen LogP contribution in [0, 0.1) is 5.82 Å². The molecule has 5 rings (SSSR count). The molecule has 0 saturated heterocycles. The van der Waals surface area contributed by atoms with Gasteiger partial charge < -0.3 is 14.3 Å². The smallest absolute Gasteiger partial charge is 0.294 e. The number of aliphatic hydroxyl groups is 1. The highest BCUT2D eigenvalue weighted by Crippen LogP contribution is 2.43. The van der Waals surface area contributed by atoms with Crippen molar-refractivity contribution in [1.29, 1.82) is 0 Å². The van der Waals surface area contributed by atoms with Gasteiger partial charge >= 0.3 is 0 Å². The first-order valence-electron chi connectivity index (χ1n) is 10.4. The molecule has 0 fully saturated rings. The van der Waals surface area contributed by atoms with Gasteiger partial charge in [0, 0.05) is 15.5 Å². The molecule has 1 N–H and O–H groups in total. The van der Waals surface area contributed by atoms with Crippen LogP contribution in [-0.2, 0) is 4.79 Å². The Morgan fingerprint density at radius 1 is 1.11 bits per heavy atom. The van der Waals surface area contributed by atoms with Crippen LogP contribution >= 0.6 is 27.5 Å². The molecule has 0 radical (unpaired) electrons. The van der Waals surface area contributed by atoms with Crippen molar-refractivity contribution in [2.75, 3.05) is 12.0 Å². The largest absolute Gasteiger partial charge is 0.503 e. The fourth-order valence-corrected chi connectivity index (χ4v) is 4.65. The summed E-state index contributed by atoms with van der Waals surface area (Å²) in [5.74, 6) is -2.33. The number of hydrogen-bond donors (Lipinski definition) is 1. The summed E-state index contributed by atoms with van der Waals surface area (Å²) in [5.41, 5.74) is 1.04. The normalized spacial score (nSPS) is 15.8. The van der Waals surface area contributed by atoms with Crippen LogP contribution in [0.15, 0.2) is 87.0 Å². The van der Waals surface area contributed by atoms with Gasteiger partial charge in [-0.3, -0.25) is 14.5 Å². The van der Waals surface area contributed by atoms with Gasteiger partial charge in [-0.2, -0.15) is 0 Å². The number of hydrogen-bond acceptors (Lipinski definition) is 5. The number of amides is 1. The van der Waals surface area contributed by atoms with E-state index in [4.69, 9.17) is 20.8 Å². The highest BCUT2D eigenvalue weighted by Gasteiger charge is 2.45. The maximum atomic E-state index is 13.8. The number of benzene rings is 3. The number of rotatable bonds is 5. The summed E-state index contributed by atoms with van der Waals surface area (Å²) in [6.45, 7) is 0. The Morgan fingerprint density at radius 3 is 2.54 bits per heavy atom. The van der Waals surface area contributed by atoms with Crippen molar-refractivity contribution in [3.05, 3.63) is 105 Å². The van der Waals surface area contributed by atoms with Gasteiger partial charge in [0.2, 0.25) is 5.78 Å². The molecule has 1 atom stereocenters. The summed E-state index contributed by atoms with van der Waals surface area (Å²) in [7, 11) is 1.52. The van der Waals surface area contributed by atoms with E-state index in [9.17, 15) is 19.1 Å². The average molecular weight is 557 g/mol. The van der Waals surface area contributed by atoms with E-state index in [0.29, 0.717) is 22.3 Å². The second kappa shape index (κ2) is 8.87. The fraction of sp³-hybridized carbons (Fsp3) is 0.0769. The van der Waals surface area contributed by atoms with Gasteiger partial charge in [-0.15, -0.1) is 0 Å². The number of methoxy groups -OCH3 is 1. The molecule has 3 aromatic carbocycles. The van der Waals surface area contributed by atoms with Gasteiger partial charge in [0.1, 0.15) is 17.1 Å². The van der Waals surface area contributed by atoms with E-state index in [-0.39, 0.29) is 22.0 Å². The molecule has 0 aliphatic carbocycles. The van der Waals surface area contributed by atoms with E-state index in [2.05, 4.69) is 15.9 Å². The Morgan fingerprint density at radius 2 is 1.86 bits per heavy atom. The lowest BCUT2D eigenvalue weighted by atomic mass is 9.94. The van der Waals surface area contributed by atoms with Crippen molar-refractivity contribution in [3.8, 4) is 5.75 Å². The number of carbonyl (C=O) groups excluding carboxylic acids is 2. The zero-order chi connectivity index (χ0) is 24.9.